The molecule has 0 aliphatic rings. The van der Waals surface area contributed by atoms with Crippen LogP contribution in [0.1, 0.15) is 20.8 Å². The molecule has 0 N–H and O–H groups in total. The van der Waals surface area contributed by atoms with Gasteiger partial charge in [0.1, 0.15) is 6.10 Å². The Morgan fingerprint density at radius 2 is 1.60 bits per heavy atom. The molecule has 25 heavy (non-hydrogen) atoms. The number of carbonyl (C=O) groups is 1. The van der Waals surface area contributed by atoms with Gasteiger partial charge >= 0.3 is 5.97 Å². The third-order valence-electron chi connectivity index (χ3n) is 4.14. The zero-order chi connectivity index (χ0) is 19.3. The molecule has 0 heterocycles. The topological polar surface area (TPSA) is 35.5 Å². The predicted molar refractivity (Wildman–Crippen MR) is 112 cm³/mol. The van der Waals surface area contributed by atoms with Gasteiger partial charge in [0.25, 0.3) is 0 Å². The summed E-state index contributed by atoms with van der Waals surface area (Å²) in [6.45, 7) is 16.7. The van der Waals surface area contributed by atoms with Gasteiger partial charge in [-0.25, -0.2) is 4.79 Å². The van der Waals surface area contributed by atoms with Crippen molar-refractivity contribution in [2.24, 2.45) is 0 Å². The molecule has 0 aromatic heterocycles. The highest BCUT2D eigenvalue weighted by Gasteiger charge is 2.43. The van der Waals surface area contributed by atoms with Crippen LogP contribution in [0.5, 0.6) is 0 Å². The lowest BCUT2D eigenvalue weighted by Gasteiger charge is -2.38. The summed E-state index contributed by atoms with van der Waals surface area (Å²) >= 11 is 0. The van der Waals surface area contributed by atoms with E-state index in [1.54, 1.807) is 0 Å². The lowest BCUT2D eigenvalue weighted by atomic mass is 10.2. The molecule has 5 heteroatoms. The quantitative estimate of drug-likeness (QED) is 0.373. The molecule has 1 aromatic rings. The van der Waals surface area contributed by atoms with Crippen molar-refractivity contribution in [1.29, 1.82) is 0 Å². The molecule has 0 aliphatic carbocycles. The first kappa shape index (κ1) is 21.9. The molecule has 2 atom stereocenters. The van der Waals surface area contributed by atoms with Gasteiger partial charge in [0.2, 0.25) is 0 Å². The van der Waals surface area contributed by atoms with E-state index in [1.165, 1.54) is 5.19 Å². The fourth-order valence-corrected chi connectivity index (χ4v) is 7.15. The van der Waals surface area contributed by atoms with Gasteiger partial charge in [-0.2, -0.15) is 0 Å². The van der Waals surface area contributed by atoms with Crippen molar-refractivity contribution in [3.05, 3.63) is 42.5 Å². The molecule has 0 bridgehead atoms. The van der Waals surface area contributed by atoms with Crippen LogP contribution < -0.4 is 5.19 Å². The second-order valence-electron chi connectivity index (χ2n) is 8.28. The summed E-state index contributed by atoms with van der Waals surface area (Å²) in [7, 11) is -3.92. The normalized spacial score (nSPS) is 15.4. The van der Waals surface area contributed by atoms with Crippen molar-refractivity contribution < 1.29 is 14.0 Å². The van der Waals surface area contributed by atoms with Crippen LogP contribution in [0.3, 0.4) is 0 Å². The minimum atomic E-state index is -2.00. The van der Waals surface area contributed by atoms with Crippen LogP contribution in [0, 0.1) is 0 Å². The SMILES string of the molecule is C/C=C/[C@@H]([C@H](O[Si](C)(C)C)C(=O)OC(C)C)[Si](C)(C)c1ccccc1. The minimum absolute atomic E-state index is 0.0258. The van der Waals surface area contributed by atoms with E-state index < -0.39 is 22.5 Å². The van der Waals surface area contributed by atoms with Gasteiger partial charge in [-0.15, -0.1) is 0 Å². The van der Waals surface area contributed by atoms with Crippen molar-refractivity contribution in [3.63, 3.8) is 0 Å². The number of rotatable bonds is 8. The van der Waals surface area contributed by atoms with Gasteiger partial charge in [0.05, 0.1) is 14.2 Å². The minimum Gasteiger partial charge on any atom is -0.461 e. The van der Waals surface area contributed by atoms with Crippen molar-refractivity contribution in [2.75, 3.05) is 0 Å². The summed E-state index contributed by atoms with van der Waals surface area (Å²) in [5.74, 6) is -0.239. The van der Waals surface area contributed by atoms with Crippen LogP contribution in [-0.2, 0) is 14.0 Å². The maximum absolute atomic E-state index is 12.9. The van der Waals surface area contributed by atoms with Gasteiger partial charge < -0.3 is 9.16 Å². The Balaban J connectivity index is 3.34. The zero-order valence-electron chi connectivity index (χ0n) is 17.0. The van der Waals surface area contributed by atoms with Gasteiger partial charge in [-0.1, -0.05) is 60.8 Å². The summed E-state index contributed by atoms with van der Waals surface area (Å²) in [6.07, 6.45) is 3.48. The number of hydrogen-bond acceptors (Lipinski definition) is 3. The highest BCUT2D eigenvalue weighted by atomic mass is 28.4. The van der Waals surface area contributed by atoms with E-state index in [-0.39, 0.29) is 17.6 Å². The summed E-state index contributed by atoms with van der Waals surface area (Å²) in [5, 5.41) is 1.32. The number of allylic oxidation sites excluding steroid dienone is 1. The van der Waals surface area contributed by atoms with Gasteiger partial charge in [-0.3, -0.25) is 0 Å². The summed E-state index contributed by atoms with van der Waals surface area (Å²) in [6, 6.07) is 10.5. The van der Waals surface area contributed by atoms with E-state index >= 15 is 0 Å². The Morgan fingerprint density at radius 1 is 1.04 bits per heavy atom. The molecule has 140 valence electrons. The second-order valence-corrected chi connectivity index (χ2v) is 17.4. The Bertz CT molecular complexity index is 574. The maximum atomic E-state index is 12.9. The van der Waals surface area contributed by atoms with Crippen molar-refractivity contribution in [3.8, 4) is 0 Å². The van der Waals surface area contributed by atoms with Gasteiger partial charge in [-0.05, 0) is 40.4 Å². The van der Waals surface area contributed by atoms with E-state index in [9.17, 15) is 4.79 Å². The second kappa shape index (κ2) is 8.96. The molecule has 0 aliphatic heterocycles. The average molecular weight is 379 g/mol. The van der Waals surface area contributed by atoms with Crippen molar-refractivity contribution in [1.82, 2.24) is 0 Å². The Morgan fingerprint density at radius 3 is 2.04 bits per heavy atom. The highest BCUT2D eigenvalue weighted by molar-refractivity contribution is 6.91. The molecule has 0 saturated carbocycles. The fourth-order valence-electron chi connectivity index (χ4n) is 2.94. The first-order chi connectivity index (χ1) is 11.5. The molecule has 0 amide bonds. The molecule has 0 spiro atoms. The molecule has 1 rings (SSSR count). The number of benzene rings is 1. The van der Waals surface area contributed by atoms with Crippen LogP contribution in [0.4, 0.5) is 0 Å². The van der Waals surface area contributed by atoms with Crippen molar-refractivity contribution in [2.45, 2.75) is 71.3 Å². The first-order valence-corrected chi connectivity index (χ1v) is 15.5. The van der Waals surface area contributed by atoms with Gasteiger partial charge in [0, 0.05) is 5.54 Å². The largest absolute Gasteiger partial charge is 0.461 e. The number of carbonyl (C=O) groups excluding carboxylic acids is 1. The summed E-state index contributed by atoms with van der Waals surface area (Å²) < 4.78 is 11.9. The van der Waals surface area contributed by atoms with Crippen molar-refractivity contribution >= 4 is 27.5 Å². The smallest absolute Gasteiger partial charge is 0.334 e. The number of hydrogen-bond donors (Lipinski definition) is 0. The molecule has 3 nitrogen and oxygen atoms in total. The van der Waals surface area contributed by atoms with E-state index in [4.69, 9.17) is 9.16 Å². The summed E-state index contributed by atoms with van der Waals surface area (Å²) in [4.78, 5) is 12.9. The molecular formula is C20H34O3Si2. The first-order valence-electron chi connectivity index (χ1n) is 9.05. The third kappa shape index (κ3) is 6.57. The van der Waals surface area contributed by atoms with Crippen LogP contribution in [-0.4, -0.2) is 34.6 Å². The molecule has 0 saturated heterocycles. The summed E-state index contributed by atoms with van der Waals surface area (Å²) in [5.41, 5.74) is 0.0258. The average Bonchev–Trinajstić information content (AvgIpc) is 2.49. The zero-order valence-corrected chi connectivity index (χ0v) is 19.0. The van der Waals surface area contributed by atoms with Crippen LogP contribution in [0.15, 0.2) is 42.5 Å². The van der Waals surface area contributed by atoms with Gasteiger partial charge in [0.15, 0.2) is 8.32 Å². The standard InChI is InChI=1S/C20H34O3Si2/c1-9-13-18(25(7,8)17-14-11-10-12-15-17)19(23-24(4,5)6)20(21)22-16(2)3/h9-16,18-19H,1-8H3/b13-9+/t18-,19-/m0/s1. The van der Waals surface area contributed by atoms with E-state index in [1.807, 2.05) is 32.9 Å². The molecular weight excluding hydrogens is 344 g/mol. The Labute approximate surface area is 155 Å². The maximum Gasteiger partial charge on any atom is 0.334 e. The van der Waals surface area contributed by atoms with Crippen LogP contribution in [0.2, 0.25) is 38.3 Å². The monoisotopic (exact) mass is 378 g/mol. The van der Waals surface area contributed by atoms with E-state index in [2.05, 4.69) is 63.1 Å². The highest BCUT2D eigenvalue weighted by Crippen LogP contribution is 2.32. The molecule has 0 radical (unpaired) electrons. The fraction of sp³-hybridized carbons (Fsp3) is 0.550. The predicted octanol–water partition coefficient (Wildman–Crippen LogP) is 4.72. The lowest BCUT2D eigenvalue weighted by Crippen LogP contribution is -2.54. The lowest BCUT2D eigenvalue weighted by molar-refractivity contribution is -0.156. The number of ether oxygens (including phenoxy) is 1. The van der Waals surface area contributed by atoms with E-state index in [0.29, 0.717) is 0 Å². The number of esters is 1. The van der Waals surface area contributed by atoms with Crippen LogP contribution in [0.25, 0.3) is 0 Å². The molecule has 0 unspecified atom stereocenters. The van der Waals surface area contributed by atoms with E-state index in [0.717, 1.165) is 0 Å². The Kier molecular flexibility index (Phi) is 7.84. The molecule has 0 fully saturated rings. The van der Waals surface area contributed by atoms with Crippen LogP contribution >= 0.6 is 0 Å². The molecule has 1 aromatic carbocycles. The Hall–Kier alpha value is -1.18. The third-order valence-corrected chi connectivity index (χ3v) is 9.09.